The van der Waals surface area contributed by atoms with Crippen molar-refractivity contribution in [2.45, 2.75) is 6.18 Å². The van der Waals surface area contributed by atoms with Crippen molar-refractivity contribution in [2.24, 2.45) is 5.10 Å². The Bertz CT molecular complexity index is 834. The van der Waals surface area contributed by atoms with Crippen molar-refractivity contribution in [1.29, 1.82) is 0 Å². The molecular formula is C15H11F3N4O4. The van der Waals surface area contributed by atoms with Crippen molar-refractivity contribution in [3.05, 3.63) is 73.8 Å². The third-order valence-corrected chi connectivity index (χ3v) is 3.29. The average Bonchev–Trinajstić information content (AvgIpc) is 2.58. The lowest BCUT2D eigenvalue weighted by molar-refractivity contribution is -0.393. The lowest BCUT2D eigenvalue weighted by Gasteiger charge is -2.15. The van der Waals surface area contributed by atoms with E-state index in [1.807, 2.05) is 0 Å². The highest BCUT2D eigenvalue weighted by molar-refractivity contribution is 5.82. The Kier molecular flexibility index (Phi) is 5.19. The first-order valence-electron chi connectivity index (χ1n) is 6.98. The molecule has 0 aliphatic carbocycles. The monoisotopic (exact) mass is 368 g/mol. The molecule has 0 aromatic heterocycles. The molecule has 0 fully saturated rings. The summed E-state index contributed by atoms with van der Waals surface area (Å²) in [5.74, 6) is 0. The maximum absolute atomic E-state index is 12.9. The van der Waals surface area contributed by atoms with Crippen LogP contribution in [0, 0.1) is 20.2 Å². The van der Waals surface area contributed by atoms with Crippen LogP contribution in [0.1, 0.15) is 11.1 Å². The van der Waals surface area contributed by atoms with Crippen LogP contribution >= 0.6 is 0 Å². The molecule has 0 atom stereocenters. The van der Waals surface area contributed by atoms with E-state index in [-0.39, 0.29) is 12.1 Å². The van der Waals surface area contributed by atoms with Gasteiger partial charge in [-0.1, -0.05) is 30.3 Å². The molecule has 0 spiro atoms. The Balaban J connectivity index is 2.60. The molecule has 0 unspecified atom stereocenters. The number of hydrogen-bond donors (Lipinski definition) is 0. The normalized spacial score (nSPS) is 11.5. The summed E-state index contributed by atoms with van der Waals surface area (Å²) in [6, 6.07) is 8.95. The molecule has 0 amide bonds. The molecule has 0 heterocycles. The molecule has 0 radical (unpaired) electrons. The molecule has 8 nitrogen and oxygen atoms in total. The Hall–Kier alpha value is -3.50. The third-order valence-electron chi connectivity index (χ3n) is 3.29. The first kappa shape index (κ1) is 18.8. The zero-order chi connectivity index (χ0) is 19.5. The summed E-state index contributed by atoms with van der Waals surface area (Å²) in [5, 5.41) is 27.0. The fourth-order valence-corrected chi connectivity index (χ4v) is 2.13. The number of benzene rings is 2. The Labute approximate surface area is 144 Å². The number of halogens is 3. The SMILES string of the molecule is CN(N=Cc1ccccc1)c1c([N+](=O)[O-])cc(C(F)(F)F)cc1[N+](=O)[O-]. The predicted octanol–water partition coefficient (Wildman–Crippen LogP) is 3.99. The van der Waals surface area contributed by atoms with Gasteiger partial charge in [-0.15, -0.1) is 0 Å². The summed E-state index contributed by atoms with van der Waals surface area (Å²) < 4.78 is 38.7. The standard InChI is InChI=1S/C15H11F3N4O4/c1-20(19-9-10-5-3-2-4-6-10)14-12(21(23)24)7-11(15(16,17)18)8-13(14)22(25)26/h2-9H,1H3. The molecule has 11 heteroatoms. The van der Waals surface area contributed by atoms with Gasteiger partial charge in [0.05, 0.1) is 21.6 Å². The summed E-state index contributed by atoms with van der Waals surface area (Å²) in [7, 11) is 1.17. The van der Waals surface area contributed by atoms with Gasteiger partial charge in [-0.2, -0.15) is 18.3 Å². The molecule has 136 valence electrons. The minimum atomic E-state index is -4.97. The van der Waals surface area contributed by atoms with E-state index in [9.17, 15) is 33.4 Å². The molecule has 2 rings (SSSR count). The van der Waals surface area contributed by atoms with Gasteiger partial charge in [-0.05, 0) is 5.56 Å². The fraction of sp³-hybridized carbons (Fsp3) is 0.133. The third kappa shape index (κ3) is 4.12. The summed E-state index contributed by atoms with van der Waals surface area (Å²) >= 11 is 0. The van der Waals surface area contributed by atoms with Crippen LogP contribution in [0.15, 0.2) is 47.6 Å². The Morgan fingerprint density at radius 2 is 1.54 bits per heavy atom. The van der Waals surface area contributed by atoms with Gasteiger partial charge in [0.2, 0.25) is 5.69 Å². The summed E-state index contributed by atoms with van der Waals surface area (Å²) in [4.78, 5) is 20.1. The highest BCUT2D eigenvalue weighted by atomic mass is 19.4. The highest BCUT2D eigenvalue weighted by Gasteiger charge is 2.38. The van der Waals surface area contributed by atoms with Gasteiger partial charge in [0, 0.05) is 19.2 Å². The topological polar surface area (TPSA) is 102 Å². The highest BCUT2D eigenvalue weighted by Crippen LogP contribution is 2.42. The zero-order valence-corrected chi connectivity index (χ0v) is 13.2. The zero-order valence-electron chi connectivity index (χ0n) is 13.2. The minimum absolute atomic E-state index is 0.247. The van der Waals surface area contributed by atoms with Crippen molar-refractivity contribution in [1.82, 2.24) is 0 Å². The van der Waals surface area contributed by atoms with E-state index in [0.717, 1.165) is 5.01 Å². The molecule has 0 N–H and O–H groups in total. The van der Waals surface area contributed by atoms with Crippen molar-refractivity contribution in [3.8, 4) is 0 Å². The van der Waals surface area contributed by atoms with E-state index in [1.54, 1.807) is 30.3 Å². The molecule has 2 aromatic rings. The average molecular weight is 368 g/mol. The van der Waals surface area contributed by atoms with Gasteiger partial charge in [-0.25, -0.2) is 0 Å². The van der Waals surface area contributed by atoms with Crippen molar-refractivity contribution < 1.29 is 23.0 Å². The van der Waals surface area contributed by atoms with Crippen molar-refractivity contribution >= 4 is 23.3 Å². The van der Waals surface area contributed by atoms with E-state index in [2.05, 4.69) is 5.10 Å². The van der Waals surface area contributed by atoms with Crippen LogP contribution in [0.2, 0.25) is 0 Å². The molecule has 0 aliphatic heterocycles. The second-order valence-electron chi connectivity index (χ2n) is 5.05. The van der Waals surface area contributed by atoms with Crippen LogP contribution in [0.25, 0.3) is 0 Å². The molecule has 2 aromatic carbocycles. The summed E-state index contributed by atoms with van der Waals surface area (Å²) in [6.07, 6.45) is -3.70. The quantitative estimate of drug-likeness (QED) is 0.451. The predicted molar refractivity (Wildman–Crippen MR) is 87.2 cm³/mol. The summed E-state index contributed by atoms with van der Waals surface area (Å²) in [5.41, 5.74) is -3.68. The first-order chi connectivity index (χ1) is 12.1. The lowest BCUT2D eigenvalue weighted by Crippen LogP contribution is -2.15. The van der Waals surface area contributed by atoms with Crippen LogP contribution in [-0.2, 0) is 6.18 Å². The van der Waals surface area contributed by atoms with Crippen LogP contribution in [0.5, 0.6) is 0 Å². The fourth-order valence-electron chi connectivity index (χ4n) is 2.13. The summed E-state index contributed by atoms with van der Waals surface area (Å²) in [6.45, 7) is 0. The van der Waals surface area contributed by atoms with Crippen LogP contribution in [0.3, 0.4) is 0 Å². The number of anilines is 1. The number of hydrazone groups is 1. The first-order valence-corrected chi connectivity index (χ1v) is 6.98. The van der Waals surface area contributed by atoms with E-state index in [1.165, 1.54) is 13.3 Å². The van der Waals surface area contributed by atoms with Crippen LogP contribution < -0.4 is 5.01 Å². The van der Waals surface area contributed by atoms with Gasteiger partial charge in [0.1, 0.15) is 0 Å². The molecular weight excluding hydrogens is 357 g/mol. The number of hydrogen-bond acceptors (Lipinski definition) is 6. The van der Waals surface area contributed by atoms with Crippen molar-refractivity contribution in [2.75, 3.05) is 12.1 Å². The lowest BCUT2D eigenvalue weighted by atomic mass is 10.1. The Morgan fingerprint density at radius 1 is 1.04 bits per heavy atom. The van der Waals surface area contributed by atoms with Crippen LogP contribution in [-0.4, -0.2) is 23.1 Å². The van der Waals surface area contributed by atoms with E-state index >= 15 is 0 Å². The van der Waals surface area contributed by atoms with Gasteiger partial charge in [-0.3, -0.25) is 25.2 Å². The minimum Gasteiger partial charge on any atom is -0.258 e. The smallest absolute Gasteiger partial charge is 0.258 e. The second-order valence-corrected chi connectivity index (χ2v) is 5.05. The molecule has 0 saturated carbocycles. The second kappa shape index (κ2) is 7.17. The maximum atomic E-state index is 12.9. The number of rotatable bonds is 5. The number of nitro groups is 2. The largest absolute Gasteiger partial charge is 0.416 e. The molecule has 0 saturated heterocycles. The molecule has 0 bridgehead atoms. The Morgan fingerprint density at radius 3 is 1.96 bits per heavy atom. The number of alkyl halides is 3. The van der Waals surface area contributed by atoms with E-state index in [0.29, 0.717) is 5.56 Å². The maximum Gasteiger partial charge on any atom is 0.416 e. The van der Waals surface area contributed by atoms with Crippen LogP contribution in [0.4, 0.5) is 30.2 Å². The molecule has 0 aliphatic rings. The molecule has 26 heavy (non-hydrogen) atoms. The van der Waals surface area contributed by atoms with Crippen molar-refractivity contribution in [3.63, 3.8) is 0 Å². The van der Waals surface area contributed by atoms with Gasteiger partial charge < -0.3 is 0 Å². The van der Waals surface area contributed by atoms with Gasteiger partial charge in [0.15, 0.2) is 0 Å². The number of nitro benzene ring substituents is 2. The van der Waals surface area contributed by atoms with Gasteiger partial charge in [0.25, 0.3) is 0 Å². The van der Waals surface area contributed by atoms with Gasteiger partial charge >= 0.3 is 17.6 Å². The number of nitrogens with zero attached hydrogens (tertiary/aromatic N) is 4. The van der Waals surface area contributed by atoms with E-state index < -0.39 is 38.6 Å². The van der Waals surface area contributed by atoms with E-state index in [4.69, 9.17) is 0 Å².